The average molecular weight is 244 g/mol. The molecule has 1 aliphatic carbocycles. The Morgan fingerprint density at radius 3 is 2.44 bits per heavy atom. The van der Waals surface area contributed by atoms with Crippen LogP contribution in [-0.2, 0) is 0 Å². The first-order chi connectivity index (χ1) is 7.38. The van der Waals surface area contributed by atoms with Crippen LogP contribution in [0.15, 0.2) is 0 Å². The lowest BCUT2D eigenvalue weighted by atomic mass is 10.0. The van der Waals surface area contributed by atoms with Gasteiger partial charge >= 0.3 is 0 Å². The van der Waals surface area contributed by atoms with Crippen molar-refractivity contribution in [1.29, 1.82) is 0 Å². The summed E-state index contributed by atoms with van der Waals surface area (Å²) in [6.45, 7) is 5.27. The Bertz CT molecular complexity index is 232. The monoisotopic (exact) mass is 244 g/mol. The van der Waals surface area contributed by atoms with Crippen molar-refractivity contribution in [3.63, 3.8) is 0 Å². The molecule has 3 nitrogen and oxygen atoms in total. The van der Waals surface area contributed by atoms with E-state index in [1.807, 2.05) is 13.8 Å². The van der Waals surface area contributed by atoms with Crippen LogP contribution < -0.4 is 5.73 Å². The molecule has 0 bridgehead atoms. The van der Waals surface area contributed by atoms with Crippen LogP contribution in [0.25, 0.3) is 0 Å². The molecule has 1 saturated carbocycles. The minimum Gasteiger partial charge on any atom is -0.392 e. The third-order valence-electron chi connectivity index (χ3n) is 3.21. The molecule has 1 aliphatic rings. The zero-order chi connectivity index (χ0) is 12.2. The van der Waals surface area contributed by atoms with Crippen molar-refractivity contribution < 1.29 is 5.11 Å². The predicted molar refractivity (Wildman–Crippen MR) is 71.5 cm³/mol. The Morgan fingerprint density at radius 1 is 1.44 bits per heavy atom. The maximum Gasteiger partial charge on any atom is 0.0870 e. The summed E-state index contributed by atoms with van der Waals surface area (Å²) in [5.74, 6) is 0. The molecular formula is C12H24N2OS. The van der Waals surface area contributed by atoms with E-state index >= 15 is 0 Å². The van der Waals surface area contributed by atoms with Crippen molar-refractivity contribution in [2.24, 2.45) is 5.73 Å². The van der Waals surface area contributed by atoms with Gasteiger partial charge in [0.25, 0.3) is 0 Å². The molecule has 0 aromatic rings. The van der Waals surface area contributed by atoms with E-state index in [1.54, 1.807) is 0 Å². The maximum absolute atomic E-state index is 9.75. The summed E-state index contributed by atoms with van der Waals surface area (Å²) >= 11 is 4.99. The molecule has 4 heteroatoms. The zero-order valence-corrected chi connectivity index (χ0v) is 11.2. The molecule has 0 amide bonds. The second-order valence-electron chi connectivity index (χ2n) is 5.44. The van der Waals surface area contributed by atoms with Gasteiger partial charge < -0.3 is 10.8 Å². The number of aliphatic hydroxyl groups is 1. The summed E-state index contributed by atoms with van der Waals surface area (Å²) in [7, 11) is 0. The Morgan fingerprint density at radius 2 is 2.00 bits per heavy atom. The van der Waals surface area contributed by atoms with Crippen LogP contribution in [-0.4, -0.2) is 39.7 Å². The van der Waals surface area contributed by atoms with Gasteiger partial charge in [-0.1, -0.05) is 25.1 Å². The van der Waals surface area contributed by atoms with E-state index in [-0.39, 0.29) is 0 Å². The molecule has 0 radical (unpaired) electrons. The molecule has 0 unspecified atom stereocenters. The molecule has 0 spiro atoms. The summed E-state index contributed by atoms with van der Waals surface area (Å²) in [5.41, 5.74) is 5.02. The molecule has 0 heterocycles. The molecule has 0 saturated heterocycles. The van der Waals surface area contributed by atoms with E-state index in [2.05, 4.69) is 4.90 Å². The average Bonchev–Trinajstić information content (AvgIpc) is 2.62. The van der Waals surface area contributed by atoms with Crippen LogP contribution in [0.5, 0.6) is 0 Å². The van der Waals surface area contributed by atoms with Crippen molar-refractivity contribution in [3.05, 3.63) is 0 Å². The summed E-state index contributed by atoms with van der Waals surface area (Å²) < 4.78 is 0. The second-order valence-corrected chi connectivity index (χ2v) is 5.96. The van der Waals surface area contributed by atoms with Crippen molar-refractivity contribution in [2.75, 3.05) is 13.1 Å². The van der Waals surface area contributed by atoms with E-state index < -0.39 is 5.60 Å². The van der Waals surface area contributed by atoms with Gasteiger partial charge in [-0.25, -0.2) is 0 Å². The largest absolute Gasteiger partial charge is 0.392 e. The van der Waals surface area contributed by atoms with Gasteiger partial charge in [-0.05, 0) is 33.1 Å². The molecule has 0 atom stereocenters. The Hall–Kier alpha value is -0.190. The number of hydrogen-bond acceptors (Lipinski definition) is 3. The number of rotatable bonds is 6. The van der Waals surface area contributed by atoms with Gasteiger partial charge in [0, 0.05) is 19.1 Å². The SMILES string of the molecule is CC(C)(O)CCN(CC(N)=S)C1CCCC1. The van der Waals surface area contributed by atoms with Crippen molar-refractivity contribution in [1.82, 2.24) is 4.90 Å². The lowest BCUT2D eigenvalue weighted by Gasteiger charge is -2.30. The molecule has 94 valence electrons. The van der Waals surface area contributed by atoms with E-state index in [9.17, 15) is 5.11 Å². The lowest BCUT2D eigenvalue weighted by molar-refractivity contribution is 0.0540. The smallest absolute Gasteiger partial charge is 0.0870 e. The fourth-order valence-corrected chi connectivity index (χ4v) is 2.44. The van der Waals surface area contributed by atoms with Crippen molar-refractivity contribution in [2.45, 2.75) is 57.6 Å². The highest BCUT2D eigenvalue weighted by Gasteiger charge is 2.24. The van der Waals surface area contributed by atoms with Crippen LogP contribution in [0.3, 0.4) is 0 Å². The summed E-state index contributed by atoms with van der Waals surface area (Å²) in [6.07, 6.45) is 5.87. The highest BCUT2D eigenvalue weighted by molar-refractivity contribution is 7.80. The van der Waals surface area contributed by atoms with Gasteiger partial charge in [-0.2, -0.15) is 0 Å². The first-order valence-corrected chi connectivity index (χ1v) is 6.54. The first kappa shape index (κ1) is 13.9. The molecule has 0 aromatic carbocycles. The summed E-state index contributed by atoms with van der Waals surface area (Å²) in [4.78, 5) is 2.90. The van der Waals surface area contributed by atoms with E-state index in [0.717, 1.165) is 13.0 Å². The number of nitrogens with two attached hydrogens (primary N) is 1. The fourth-order valence-electron chi connectivity index (χ4n) is 2.28. The minimum atomic E-state index is -0.604. The van der Waals surface area contributed by atoms with E-state index in [1.165, 1.54) is 25.7 Å². The topological polar surface area (TPSA) is 49.5 Å². The highest BCUT2D eigenvalue weighted by Crippen LogP contribution is 2.24. The van der Waals surface area contributed by atoms with Crippen LogP contribution in [0.1, 0.15) is 46.0 Å². The molecule has 0 aliphatic heterocycles. The fraction of sp³-hybridized carbons (Fsp3) is 0.917. The van der Waals surface area contributed by atoms with Gasteiger partial charge in [0.05, 0.1) is 10.6 Å². The number of hydrogen-bond donors (Lipinski definition) is 2. The number of nitrogens with zero attached hydrogens (tertiary/aromatic N) is 1. The molecule has 1 rings (SSSR count). The normalized spacial score (nSPS) is 18.2. The third kappa shape index (κ3) is 5.23. The van der Waals surface area contributed by atoms with E-state index in [0.29, 0.717) is 17.6 Å². The second kappa shape index (κ2) is 5.94. The minimum absolute atomic E-state index is 0.558. The van der Waals surface area contributed by atoms with Crippen LogP contribution >= 0.6 is 12.2 Å². The highest BCUT2D eigenvalue weighted by atomic mass is 32.1. The Labute approximate surface area is 104 Å². The molecule has 0 aromatic heterocycles. The Balaban J connectivity index is 2.46. The van der Waals surface area contributed by atoms with E-state index in [4.69, 9.17) is 18.0 Å². The van der Waals surface area contributed by atoms with Gasteiger partial charge in [0.1, 0.15) is 0 Å². The number of thiocarbonyl (C=S) groups is 1. The van der Waals surface area contributed by atoms with Gasteiger partial charge in [0.15, 0.2) is 0 Å². The Kier molecular flexibility index (Phi) is 5.15. The van der Waals surface area contributed by atoms with Gasteiger partial charge in [-0.15, -0.1) is 0 Å². The summed E-state index contributed by atoms with van der Waals surface area (Å²) in [5, 5.41) is 9.75. The predicted octanol–water partition coefficient (Wildman–Crippen LogP) is 1.68. The quantitative estimate of drug-likeness (QED) is 0.698. The van der Waals surface area contributed by atoms with Gasteiger partial charge in [0.2, 0.25) is 0 Å². The maximum atomic E-state index is 9.75. The van der Waals surface area contributed by atoms with Crippen molar-refractivity contribution in [3.8, 4) is 0 Å². The van der Waals surface area contributed by atoms with Crippen LogP contribution in [0.4, 0.5) is 0 Å². The van der Waals surface area contributed by atoms with Gasteiger partial charge in [-0.3, -0.25) is 4.90 Å². The standard InChI is InChI=1S/C12H24N2OS/c1-12(2,15)7-8-14(9-11(13)16)10-5-3-4-6-10/h10,15H,3-9H2,1-2H3,(H2,13,16). The molecule has 1 fully saturated rings. The van der Waals surface area contributed by atoms with Crippen molar-refractivity contribution >= 4 is 17.2 Å². The van der Waals surface area contributed by atoms with Crippen LogP contribution in [0.2, 0.25) is 0 Å². The lowest BCUT2D eigenvalue weighted by Crippen LogP contribution is -2.42. The van der Waals surface area contributed by atoms with Crippen LogP contribution in [0, 0.1) is 0 Å². The first-order valence-electron chi connectivity index (χ1n) is 6.13. The zero-order valence-electron chi connectivity index (χ0n) is 10.4. The third-order valence-corrected chi connectivity index (χ3v) is 3.34. The molecular weight excluding hydrogens is 220 g/mol. The molecule has 16 heavy (non-hydrogen) atoms. The summed E-state index contributed by atoms with van der Waals surface area (Å²) in [6, 6.07) is 0.615. The molecule has 3 N–H and O–H groups in total.